The van der Waals surface area contributed by atoms with Gasteiger partial charge in [-0.1, -0.05) is 0 Å². The molecule has 27 heavy (non-hydrogen) atoms. The summed E-state index contributed by atoms with van der Waals surface area (Å²) >= 11 is 0. The second-order valence-corrected chi connectivity index (χ2v) is 6.50. The van der Waals surface area contributed by atoms with E-state index in [1.54, 1.807) is 54.2 Å². The van der Waals surface area contributed by atoms with E-state index in [2.05, 4.69) is 5.32 Å². The third kappa shape index (κ3) is 3.89. The Labute approximate surface area is 156 Å². The smallest absolute Gasteiger partial charge is 0.270 e. The Balaban J connectivity index is 1.81. The van der Waals surface area contributed by atoms with Crippen LogP contribution >= 0.6 is 0 Å². The second-order valence-electron chi connectivity index (χ2n) is 6.50. The number of nitrogens with one attached hydrogen (secondary N) is 1. The van der Waals surface area contributed by atoms with Gasteiger partial charge in [0.1, 0.15) is 0 Å². The van der Waals surface area contributed by atoms with Crippen molar-refractivity contribution >= 4 is 34.6 Å². The molecule has 1 fully saturated rings. The summed E-state index contributed by atoms with van der Waals surface area (Å²) in [5.74, 6) is -0.341. The molecule has 0 atom stereocenters. The van der Waals surface area contributed by atoms with Gasteiger partial charge in [-0.05, 0) is 36.8 Å². The highest BCUT2D eigenvalue weighted by Crippen LogP contribution is 2.26. The maximum atomic E-state index is 12.7. The number of amides is 2. The van der Waals surface area contributed by atoms with Gasteiger partial charge >= 0.3 is 0 Å². The zero-order valence-electron chi connectivity index (χ0n) is 15.1. The first-order valence-corrected chi connectivity index (χ1v) is 8.54. The van der Waals surface area contributed by atoms with Crippen molar-refractivity contribution in [2.24, 2.45) is 0 Å². The van der Waals surface area contributed by atoms with Crippen molar-refractivity contribution in [1.29, 1.82) is 0 Å². The van der Waals surface area contributed by atoms with Crippen molar-refractivity contribution in [1.82, 2.24) is 0 Å². The number of rotatable bonds is 5. The molecule has 2 amide bonds. The molecule has 8 heteroatoms. The Hall–Kier alpha value is -3.42. The fourth-order valence-electron chi connectivity index (χ4n) is 3.05. The lowest BCUT2D eigenvalue weighted by molar-refractivity contribution is -0.384. The van der Waals surface area contributed by atoms with Crippen LogP contribution in [0.3, 0.4) is 0 Å². The van der Waals surface area contributed by atoms with Gasteiger partial charge in [0.25, 0.3) is 11.6 Å². The normalized spacial score (nSPS) is 13.6. The highest BCUT2D eigenvalue weighted by molar-refractivity contribution is 6.08. The zero-order valence-corrected chi connectivity index (χ0v) is 15.1. The summed E-state index contributed by atoms with van der Waals surface area (Å²) in [5.41, 5.74) is 1.99. The van der Waals surface area contributed by atoms with E-state index >= 15 is 0 Å². The number of hydrogen-bond acceptors (Lipinski definition) is 5. The molecule has 1 aliphatic rings. The molecule has 2 aromatic rings. The Morgan fingerprint density at radius 3 is 2.44 bits per heavy atom. The molecule has 0 saturated carbocycles. The first-order chi connectivity index (χ1) is 12.9. The van der Waals surface area contributed by atoms with Gasteiger partial charge in [-0.15, -0.1) is 0 Å². The lowest BCUT2D eigenvalue weighted by Crippen LogP contribution is -2.23. The van der Waals surface area contributed by atoms with Crippen LogP contribution < -0.4 is 15.1 Å². The number of benzene rings is 2. The first-order valence-electron chi connectivity index (χ1n) is 8.54. The van der Waals surface area contributed by atoms with Crippen LogP contribution in [0.2, 0.25) is 0 Å². The van der Waals surface area contributed by atoms with Crippen LogP contribution in [0.5, 0.6) is 0 Å². The molecule has 0 aliphatic carbocycles. The Kier molecular flexibility index (Phi) is 5.07. The minimum atomic E-state index is -0.530. The van der Waals surface area contributed by atoms with E-state index in [1.807, 2.05) is 0 Å². The van der Waals surface area contributed by atoms with Crippen molar-refractivity contribution in [3.05, 3.63) is 58.1 Å². The number of carbonyl (C=O) groups excluding carboxylic acids is 2. The van der Waals surface area contributed by atoms with Crippen LogP contribution in [0, 0.1) is 10.1 Å². The van der Waals surface area contributed by atoms with E-state index in [-0.39, 0.29) is 17.2 Å². The van der Waals surface area contributed by atoms with Crippen LogP contribution in [0.4, 0.5) is 22.7 Å². The van der Waals surface area contributed by atoms with E-state index in [0.717, 1.165) is 12.1 Å². The Morgan fingerprint density at radius 2 is 1.89 bits per heavy atom. The lowest BCUT2D eigenvalue weighted by atomic mass is 10.1. The highest BCUT2D eigenvalue weighted by Gasteiger charge is 2.22. The van der Waals surface area contributed by atoms with Gasteiger partial charge in [-0.25, -0.2) is 0 Å². The predicted molar refractivity (Wildman–Crippen MR) is 103 cm³/mol. The molecule has 1 N–H and O–H groups in total. The van der Waals surface area contributed by atoms with Crippen LogP contribution in [0.25, 0.3) is 0 Å². The summed E-state index contributed by atoms with van der Waals surface area (Å²) in [6.07, 6.45) is 1.40. The zero-order chi connectivity index (χ0) is 19.6. The van der Waals surface area contributed by atoms with Crippen LogP contribution in [0.15, 0.2) is 42.5 Å². The third-order valence-electron chi connectivity index (χ3n) is 4.43. The van der Waals surface area contributed by atoms with Gasteiger partial charge in [0.05, 0.1) is 10.5 Å². The average molecular weight is 368 g/mol. The Morgan fingerprint density at radius 1 is 1.19 bits per heavy atom. The van der Waals surface area contributed by atoms with Crippen LogP contribution in [-0.4, -0.2) is 37.4 Å². The number of nitro groups is 1. The number of non-ortho nitro benzene ring substituents is 1. The van der Waals surface area contributed by atoms with E-state index in [1.165, 1.54) is 12.1 Å². The molecule has 0 spiro atoms. The van der Waals surface area contributed by atoms with E-state index in [4.69, 9.17) is 0 Å². The summed E-state index contributed by atoms with van der Waals surface area (Å²) in [4.78, 5) is 38.4. The monoisotopic (exact) mass is 368 g/mol. The van der Waals surface area contributed by atoms with Crippen LogP contribution in [-0.2, 0) is 4.79 Å². The summed E-state index contributed by atoms with van der Waals surface area (Å²) in [7, 11) is 3.53. The number of carbonyl (C=O) groups is 2. The molecule has 8 nitrogen and oxygen atoms in total. The predicted octanol–water partition coefficient (Wildman–Crippen LogP) is 3.04. The van der Waals surface area contributed by atoms with Gasteiger partial charge < -0.3 is 15.1 Å². The molecule has 140 valence electrons. The summed E-state index contributed by atoms with van der Waals surface area (Å²) in [6, 6.07) is 11.2. The SMILES string of the molecule is CN(C)c1ccc([N+](=O)[O-])cc1C(=O)Nc1ccc(N2CCCC2=O)cc1. The molecule has 1 saturated heterocycles. The van der Waals surface area contributed by atoms with E-state index in [9.17, 15) is 19.7 Å². The maximum Gasteiger partial charge on any atom is 0.270 e. The van der Waals surface area contributed by atoms with Gasteiger partial charge in [-0.3, -0.25) is 19.7 Å². The summed E-state index contributed by atoms with van der Waals surface area (Å²) in [6.45, 7) is 0.699. The molecule has 0 unspecified atom stereocenters. The quantitative estimate of drug-likeness (QED) is 0.646. The average Bonchev–Trinajstić information content (AvgIpc) is 3.07. The summed E-state index contributed by atoms with van der Waals surface area (Å²) < 4.78 is 0. The minimum Gasteiger partial charge on any atom is -0.377 e. The number of nitrogens with zero attached hydrogens (tertiary/aromatic N) is 3. The first kappa shape index (κ1) is 18.4. The third-order valence-corrected chi connectivity index (χ3v) is 4.43. The lowest BCUT2D eigenvalue weighted by Gasteiger charge is -2.18. The molecule has 2 aromatic carbocycles. The molecule has 0 bridgehead atoms. The molecular formula is C19H20N4O4. The van der Waals surface area contributed by atoms with Crippen molar-refractivity contribution < 1.29 is 14.5 Å². The summed E-state index contributed by atoms with van der Waals surface area (Å²) in [5, 5.41) is 13.8. The topological polar surface area (TPSA) is 95.8 Å². The van der Waals surface area contributed by atoms with Crippen molar-refractivity contribution in [2.45, 2.75) is 12.8 Å². The minimum absolute atomic E-state index is 0.0963. The van der Waals surface area contributed by atoms with Gasteiger partial charge in [0.15, 0.2) is 0 Å². The number of nitro benzene ring substituents is 1. The molecule has 3 rings (SSSR count). The van der Waals surface area contributed by atoms with Gasteiger partial charge in [0.2, 0.25) is 5.91 Å². The molecule has 0 radical (unpaired) electrons. The van der Waals surface area contributed by atoms with E-state index < -0.39 is 10.8 Å². The molecule has 1 aliphatic heterocycles. The fraction of sp³-hybridized carbons (Fsp3) is 0.263. The fourth-order valence-corrected chi connectivity index (χ4v) is 3.05. The van der Waals surface area contributed by atoms with Gasteiger partial charge in [-0.2, -0.15) is 0 Å². The Bertz CT molecular complexity index is 893. The van der Waals surface area contributed by atoms with Crippen molar-refractivity contribution in [3.63, 3.8) is 0 Å². The van der Waals surface area contributed by atoms with Gasteiger partial charge in [0, 0.05) is 56.3 Å². The number of anilines is 3. The highest BCUT2D eigenvalue weighted by atomic mass is 16.6. The van der Waals surface area contributed by atoms with Crippen LogP contribution in [0.1, 0.15) is 23.2 Å². The largest absolute Gasteiger partial charge is 0.377 e. The molecule has 0 aromatic heterocycles. The van der Waals surface area contributed by atoms with Crippen molar-refractivity contribution in [2.75, 3.05) is 35.8 Å². The van der Waals surface area contributed by atoms with Crippen molar-refractivity contribution in [3.8, 4) is 0 Å². The molecular weight excluding hydrogens is 348 g/mol. The molecule has 1 heterocycles. The standard InChI is InChI=1S/C19H20N4O4/c1-21(2)17-10-9-15(23(26)27)12-16(17)19(25)20-13-5-7-14(8-6-13)22-11-3-4-18(22)24/h5-10,12H,3-4,11H2,1-2H3,(H,20,25). The maximum absolute atomic E-state index is 12.7. The second kappa shape index (κ2) is 7.45. The van der Waals surface area contributed by atoms with E-state index in [0.29, 0.717) is 24.3 Å². The number of hydrogen-bond donors (Lipinski definition) is 1.